The van der Waals surface area contributed by atoms with Crippen molar-refractivity contribution in [3.63, 3.8) is 0 Å². The fourth-order valence-corrected chi connectivity index (χ4v) is 9.21. The maximum atomic E-state index is 13.4. The first-order valence-corrected chi connectivity index (χ1v) is 14.0. The topological polar surface area (TPSA) is 67.9 Å². The number of hydrogen-bond donors (Lipinski definition) is 0. The van der Waals surface area contributed by atoms with Gasteiger partial charge < -0.3 is 4.74 Å². The van der Waals surface area contributed by atoms with Gasteiger partial charge in [0.15, 0.2) is 5.78 Å². The number of ether oxygens (including phenoxy) is 1. The van der Waals surface area contributed by atoms with Crippen molar-refractivity contribution in [3.8, 4) is 6.07 Å². The molecule has 5 nitrogen and oxygen atoms in total. The van der Waals surface area contributed by atoms with Gasteiger partial charge in [0.1, 0.15) is 6.07 Å². The fourth-order valence-electron chi connectivity index (χ4n) is 9.21. The van der Waals surface area contributed by atoms with E-state index in [1.807, 2.05) is 0 Å². The standard InChI is InChI=1S/C29H41N3O2/c1-18-11-21-5-6-22-23(28(21)27(12-18)34-17-19-3-4-19)9-10-29(2)24(22)7-8-25(29)26(33)16-32-15-20(13-30)14-31-32/h14-15,18-19,21-25,27-28H,3-12,16-17H2,1-2H3/t18?,21?,22?,23-,24-,25?,27?,28?,29?/m0/s1. The highest BCUT2D eigenvalue weighted by atomic mass is 16.5. The van der Waals surface area contributed by atoms with Crippen LogP contribution >= 0.6 is 0 Å². The molecule has 6 rings (SSSR count). The van der Waals surface area contributed by atoms with Gasteiger partial charge in [-0.05, 0) is 111 Å². The van der Waals surface area contributed by atoms with E-state index in [2.05, 4.69) is 25.0 Å². The van der Waals surface area contributed by atoms with Gasteiger partial charge >= 0.3 is 0 Å². The summed E-state index contributed by atoms with van der Waals surface area (Å²) in [5.74, 6) is 5.95. The van der Waals surface area contributed by atoms with Crippen molar-refractivity contribution >= 4 is 5.78 Å². The number of carbonyl (C=O) groups is 1. The van der Waals surface area contributed by atoms with Crippen molar-refractivity contribution in [1.82, 2.24) is 9.78 Å². The summed E-state index contributed by atoms with van der Waals surface area (Å²) in [6.07, 6.45) is 16.6. The molecule has 0 radical (unpaired) electrons. The van der Waals surface area contributed by atoms with Crippen molar-refractivity contribution in [2.45, 2.75) is 90.7 Å². The molecule has 0 aromatic carbocycles. The van der Waals surface area contributed by atoms with Gasteiger partial charge in [-0.25, -0.2) is 0 Å². The molecule has 5 aliphatic rings. The van der Waals surface area contributed by atoms with Gasteiger partial charge in [0.2, 0.25) is 0 Å². The van der Waals surface area contributed by atoms with Crippen LogP contribution in [0.3, 0.4) is 0 Å². The first-order valence-electron chi connectivity index (χ1n) is 14.0. The molecule has 0 N–H and O–H groups in total. The van der Waals surface area contributed by atoms with Crippen molar-refractivity contribution < 1.29 is 9.53 Å². The summed E-state index contributed by atoms with van der Waals surface area (Å²) in [6, 6.07) is 2.12. The molecule has 5 heteroatoms. The third kappa shape index (κ3) is 3.94. The quantitative estimate of drug-likeness (QED) is 0.548. The smallest absolute Gasteiger partial charge is 0.157 e. The number of rotatable bonds is 6. The van der Waals surface area contributed by atoms with Crippen LogP contribution in [-0.4, -0.2) is 28.3 Å². The molecule has 0 bridgehead atoms. The minimum atomic E-state index is 0.128. The third-order valence-electron chi connectivity index (χ3n) is 10.9. The second kappa shape index (κ2) is 8.77. The molecule has 5 aliphatic carbocycles. The molecule has 1 aromatic heterocycles. The summed E-state index contributed by atoms with van der Waals surface area (Å²) in [4.78, 5) is 13.4. The Hall–Kier alpha value is -1.67. The number of Topliss-reactive ketones (excluding diaryl/α,β-unsaturated/α-hetero) is 1. The van der Waals surface area contributed by atoms with E-state index in [4.69, 9.17) is 10.00 Å². The Labute approximate surface area is 204 Å². The van der Waals surface area contributed by atoms with Gasteiger partial charge in [-0.2, -0.15) is 10.4 Å². The highest BCUT2D eigenvalue weighted by Gasteiger charge is 2.59. The third-order valence-corrected chi connectivity index (χ3v) is 10.9. The molecular weight excluding hydrogens is 422 g/mol. The van der Waals surface area contributed by atoms with E-state index < -0.39 is 0 Å². The molecule has 9 atom stereocenters. The number of fused-ring (bicyclic) bond motifs is 5. The molecular formula is C29H41N3O2. The lowest BCUT2D eigenvalue weighted by Crippen LogP contribution is -2.53. The van der Waals surface area contributed by atoms with Gasteiger partial charge in [0.05, 0.1) is 24.4 Å². The molecule has 0 aliphatic heterocycles. The number of nitrogens with zero attached hydrogens (tertiary/aromatic N) is 3. The SMILES string of the molecule is CC1CC2CCC3[C@H](CCC4(C)C(C(=O)Cn5cc(C#N)cn5)CC[C@@H]34)C2C(OCC2CC2)C1. The summed E-state index contributed by atoms with van der Waals surface area (Å²) in [6.45, 7) is 6.18. The van der Waals surface area contributed by atoms with E-state index in [-0.39, 0.29) is 11.3 Å². The van der Waals surface area contributed by atoms with Crippen molar-refractivity contribution in [2.75, 3.05) is 6.61 Å². The largest absolute Gasteiger partial charge is 0.378 e. The Morgan fingerprint density at radius 1 is 1.18 bits per heavy atom. The van der Waals surface area contributed by atoms with Crippen LogP contribution in [0.4, 0.5) is 0 Å². The summed E-state index contributed by atoms with van der Waals surface area (Å²) in [7, 11) is 0. The van der Waals surface area contributed by atoms with E-state index in [0.717, 1.165) is 48.5 Å². The minimum absolute atomic E-state index is 0.128. The van der Waals surface area contributed by atoms with Gasteiger partial charge in [0.25, 0.3) is 0 Å². The zero-order valence-electron chi connectivity index (χ0n) is 21.0. The van der Waals surface area contributed by atoms with Crippen LogP contribution in [0.2, 0.25) is 0 Å². The van der Waals surface area contributed by atoms with E-state index in [0.29, 0.717) is 29.9 Å². The molecule has 184 valence electrons. The van der Waals surface area contributed by atoms with Crippen LogP contribution in [0.1, 0.15) is 83.6 Å². The Balaban J connectivity index is 1.18. The normalized spacial score (nSPS) is 43.4. The number of ketones is 1. The first kappa shape index (κ1) is 22.8. The first-order chi connectivity index (χ1) is 16.5. The average molecular weight is 464 g/mol. The monoisotopic (exact) mass is 463 g/mol. The Kier molecular flexibility index (Phi) is 5.87. The van der Waals surface area contributed by atoms with Crippen LogP contribution < -0.4 is 0 Å². The fraction of sp³-hybridized carbons (Fsp3) is 0.828. The lowest BCUT2D eigenvalue weighted by Gasteiger charge is -2.57. The van der Waals surface area contributed by atoms with Gasteiger partial charge in [-0.15, -0.1) is 0 Å². The summed E-state index contributed by atoms with van der Waals surface area (Å²) in [5.41, 5.74) is 0.656. The summed E-state index contributed by atoms with van der Waals surface area (Å²) in [5, 5.41) is 13.3. The second-order valence-electron chi connectivity index (χ2n) is 12.9. The van der Waals surface area contributed by atoms with E-state index in [1.54, 1.807) is 17.1 Å². The maximum Gasteiger partial charge on any atom is 0.157 e. The second-order valence-corrected chi connectivity index (χ2v) is 12.9. The molecule has 5 saturated carbocycles. The van der Waals surface area contributed by atoms with Gasteiger partial charge in [-0.3, -0.25) is 9.48 Å². The molecule has 1 aromatic rings. The van der Waals surface area contributed by atoms with E-state index >= 15 is 0 Å². The number of aromatic nitrogens is 2. The lowest BCUT2D eigenvalue weighted by molar-refractivity contribution is -0.142. The zero-order chi connectivity index (χ0) is 23.4. The van der Waals surface area contributed by atoms with E-state index in [9.17, 15) is 4.79 Å². The Morgan fingerprint density at radius 2 is 2.03 bits per heavy atom. The number of nitriles is 1. The predicted molar refractivity (Wildman–Crippen MR) is 130 cm³/mol. The van der Waals surface area contributed by atoms with Crippen LogP contribution in [0.5, 0.6) is 0 Å². The molecule has 0 saturated heterocycles. The minimum Gasteiger partial charge on any atom is -0.378 e. The van der Waals surface area contributed by atoms with Crippen molar-refractivity contribution in [2.24, 2.45) is 52.8 Å². The highest BCUT2D eigenvalue weighted by Crippen LogP contribution is 2.64. The van der Waals surface area contributed by atoms with Crippen molar-refractivity contribution in [1.29, 1.82) is 5.26 Å². The predicted octanol–water partition coefficient (Wildman–Crippen LogP) is 5.63. The van der Waals surface area contributed by atoms with E-state index in [1.165, 1.54) is 57.8 Å². The summed E-state index contributed by atoms with van der Waals surface area (Å²) < 4.78 is 8.35. The lowest BCUT2D eigenvalue weighted by atomic mass is 9.48. The summed E-state index contributed by atoms with van der Waals surface area (Å²) >= 11 is 0. The molecule has 0 spiro atoms. The molecule has 5 fully saturated rings. The van der Waals surface area contributed by atoms with Gasteiger partial charge in [0, 0.05) is 18.7 Å². The number of carbonyl (C=O) groups excluding carboxylic acids is 1. The van der Waals surface area contributed by atoms with Crippen LogP contribution in [0, 0.1) is 64.1 Å². The number of hydrogen-bond acceptors (Lipinski definition) is 4. The van der Waals surface area contributed by atoms with Crippen LogP contribution in [0.15, 0.2) is 12.4 Å². The highest BCUT2D eigenvalue weighted by molar-refractivity contribution is 5.82. The van der Waals surface area contributed by atoms with Crippen LogP contribution in [0.25, 0.3) is 0 Å². The molecule has 34 heavy (non-hydrogen) atoms. The zero-order valence-corrected chi connectivity index (χ0v) is 21.0. The maximum absolute atomic E-state index is 13.4. The molecule has 7 unspecified atom stereocenters. The van der Waals surface area contributed by atoms with Gasteiger partial charge in [-0.1, -0.05) is 13.8 Å². The Morgan fingerprint density at radius 3 is 2.79 bits per heavy atom. The van der Waals surface area contributed by atoms with Crippen molar-refractivity contribution in [3.05, 3.63) is 18.0 Å². The molecule has 1 heterocycles. The van der Waals surface area contributed by atoms with Crippen LogP contribution in [-0.2, 0) is 16.1 Å². The average Bonchev–Trinajstić information content (AvgIpc) is 3.43. The molecule has 0 amide bonds. The Bertz CT molecular complexity index is 961.